The number of hydrogen-bond acceptors (Lipinski definition) is 4. The van der Waals surface area contributed by atoms with Gasteiger partial charge in [-0.05, 0) is 37.8 Å². The minimum atomic E-state index is 0.240. The van der Waals surface area contributed by atoms with Crippen LogP contribution in [0.2, 0.25) is 0 Å². The fourth-order valence-corrected chi connectivity index (χ4v) is 3.04. The fraction of sp³-hybridized carbons (Fsp3) is 0.647. The third-order valence-electron chi connectivity index (χ3n) is 4.18. The van der Waals surface area contributed by atoms with Crippen molar-refractivity contribution in [3.8, 4) is 0 Å². The fourth-order valence-electron chi connectivity index (χ4n) is 3.04. The van der Waals surface area contributed by atoms with Crippen molar-refractivity contribution in [2.75, 3.05) is 38.3 Å². The molecule has 0 aromatic heterocycles. The first kappa shape index (κ1) is 16.3. The largest absolute Gasteiger partial charge is 0.394 e. The van der Waals surface area contributed by atoms with Crippen LogP contribution in [0.25, 0.3) is 0 Å². The molecule has 1 unspecified atom stereocenters. The molecule has 1 aliphatic rings. The number of aliphatic hydroxyl groups excluding tert-OH is 1. The monoisotopic (exact) mass is 292 g/mol. The van der Waals surface area contributed by atoms with E-state index in [0.717, 1.165) is 32.7 Å². The molecule has 2 N–H and O–H groups in total. The van der Waals surface area contributed by atoms with Crippen molar-refractivity contribution in [2.45, 2.75) is 38.8 Å². The van der Waals surface area contributed by atoms with Gasteiger partial charge in [-0.2, -0.15) is 0 Å². The number of piperidine rings is 1. The lowest BCUT2D eigenvalue weighted by atomic mass is 9.99. The topological polar surface area (TPSA) is 44.7 Å². The first-order valence-electron chi connectivity index (χ1n) is 7.93. The van der Waals surface area contributed by atoms with Gasteiger partial charge in [0, 0.05) is 32.4 Å². The zero-order valence-corrected chi connectivity index (χ0v) is 13.3. The molecule has 1 aromatic carbocycles. The number of nitrogens with one attached hydrogen (secondary N) is 1. The van der Waals surface area contributed by atoms with E-state index in [1.54, 1.807) is 7.11 Å². The number of aliphatic hydroxyl groups is 1. The Bertz CT molecular complexity index is 437. The number of benzene rings is 1. The van der Waals surface area contributed by atoms with Crippen molar-refractivity contribution in [3.63, 3.8) is 0 Å². The molecule has 1 saturated heterocycles. The van der Waals surface area contributed by atoms with E-state index in [1.165, 1.54) is 29.7 Å². The van der Waals surface area contributed by atoms with Gasteiger partial charge in [-0.15, -0.1) is 0 Å². The smallest absolute Gasteiger partial charge is 0.0635 e. The summed E-state index contributed by atoms with van der Waals surface area (Å²) >= 11 is 0. The van der Waals surface area contributed by atoms with E-state index in [4.69, 9.17) is 4.74 Å². The average Bonchev–Trinajstić information content (AvgIpc) is 2.52. The van der Waals surface area contributed by atoms with Crippen molar-refractivity contribution in [2.24, 2.45) is 0 Å². The average molecular weight is 292 g/mol. The molecule has 1 aliphatic heterocycles. The molecule has 1 atom stereocenters. The molecule has 0 aliphatic carbocycles. The maximum atomic E-state index is 9.64. The summed E-state index contributed by atoms with van der Waals surface area (Å²) in [5, 5.41) is 13.1. The predicted octanol–water partition coefficient (Wildman–Crippen LogP) is 2.08. The van der Waals surface area contributed by atoms with Gasteiger partial charge in [-0.1, -0.05) is 17.7 Å². The minimum absolute atomic E-state index is 0.240. The molecule has 1 aromatic rings. The highest BCUT2D eigenvalue weighted by molar-refractivity contribution is 5.56. The van der Waals surface area contributed by atoms with Crippen LogP contribution in [0.5, 0.6) is 0 Å². The molecule has 0 bridgehead atoms. The Morgan fingerprint density at radius 1 is 1.38 bits per heavy atom. The number of ether oxygens (including phenoxy) is 1. The van der Waals surface area contributed by atoms with Crippen LogP contribution in [0.15, 0.2) is 18.2 Å². The summed E-state index contributed by atoms with van der Waals surface area (Å²) < 4.78 is 5.08. The van der Waals surface area contributed by atoms with E-state index in [1.807, 2.05) is 0 Å². The molecule has 1 heterocycles. The first-order valence-corrected chi connectivity index (χ1v) is 7.93. The quantitative estimate of drug-likeness (QED) is 0.755. The van der Waals surface area contributed by atoms with E-state index < -0.39 is 0 Å². The Hall–Kier alpha value is -1.10. The molecular weight excluding hydrogens is 264 g/mol. The Balaban J connectivity index is 2.13. The summed E-state index contributed by atoms with van der Waals surface area (Å²) in [5.41, 5.74) is 3.86. The second kappa shape index (κ2) is 8.37. The lowest BCUT2D eigenvalue weighted by Gasteiger charge is -2.38. The number of rotatable bonds is 7. The molecule has 4 nitrogen and oxygen atoms in total. The van der Waals surface area contributed by atoms with E-state index >= 15 is 0 Å². The molecule has 2 rings (SSSR count). The van der Waals surface area contributed by atoms with Crippen LogP contribution in [-0.4, -0.2) is 44.6 Å². The third-order valence-corrected chi connectivity index (χ3v) is 4.18. The molecule has 0 amide bonds. The molecule has 0 saturated carbocycles. The molecule has 118 valence electrons. The normalized spacial score (nSPS) is 19.0. The van der Waals surface area contributed by atoms with Gasteiger partial charge in [0.2, 0.25) is 0 Å². The second-order valence-electron chi connectivity index (χ2n) is 5.83. The molecule has 0 radical (unpaired) electrons. The van der Waals surface area contributed by atoms with E-state index in [-0.39, 0.29) is 12.6 Å². The SMILES string of the molecule is COCCNCc1cc(C)ccc1N1CCCCC1CO. The van der Waals surface area contributed by atoms with Crippen molar-refractivity contribution in [3.05, 3.63) is 29.3 Å². The highest BCUT2D eigenvalue weighted by atomic mass is 16.5. The lowest BCUT2D eigenvalue weighted by molar-refractivity contribution is 0.199. The van der Waals surface area contributed by atoms with Crippen LogP contribution in [0.4, 0.5) is 5.69 Å². The van der Waals surface area contributed by atoms with Gasteiger partial charge in [-0.25, -0.2) is 0 Å². The van der Waals surface area contributed by atoms with E-state index in [9.17, 15) is 5.11 Å². The Morgan fingerprint density at radius 3 is 3.00 bits per heavy atom. The summed E-state index contributed by atoms with van der Waals surface area (Å²) in [6.45, 7) is 5.83. The van der Waals surface area contributed by atoms with Crippen LogP contribution in [0, 0.1) is 6.92 Å². The lowest BCUT2D eigenvalue weighted by Crippen LogP contribution is -2.42. The summed E-state index contributed by atoms with van der Waals surface area (Å²) in [7, 11) is 1.72. The highest BCUT2D eigenvalue weighted by Gasteiger charge is 2.23. The summed E-state index contributed by atoms with van der Waals surface area (Å²) in [6, 6.07) is 6.88. The summed E-state index contributed by atoms with van der Waals surface area (Å²) in [5.74, 6) is 0. The van der Waals surface area contributed by atoms with Gasteiger partial charge in [0.25, 0.3) is 0 Å². The Labute approximate surface area is 128 Å². The third kappa shape index (κ3) is 4.43. The highest BCUT2D eigenvalue weighted by Crippen LogP contribution is 2.28. The van der Waals surface area contributed by atoms with Gasteiger partial charge in [0.05, 0.1) is 19.3 Å². The molecule has 21 heavy (non-hydrogen) atoms. The van der Waals surface area contributed by atoms with Crippen molar-refractivity contribution >= 4 is 5.69 Å². The standard InChI is InChI=1S/C17H28N2O2/c1-14-6-7-17(15(11-14)12-18-8-10-21-2)19-9-4-3-5-16(19)13-20/h6-7,11,16,18,20H,3-5,8-10,12-13H2,1-2H3. The van der Waals surface area contributed by atoms with Gasteiger partial charge < -0.3 is 20.1 Å². The molecule has 0 spiro atoms. The Kier molecular flexibility index (Phi) is 6.49. The van der Waals surface area contributed by atoms with Crippen molar-refractivity contribution in [1.82, 2.24) is 5.32 Å². The summed E-state index contributed by atoms with van der Waals surface area (Å²) in [6.07, 6.45) is 3.51. The number of methoxy groups -OCH3 is 1. The van der Waals surface area contributed by atoms with Crippen LogP contribution in [-0.2, 0) is 11.3 Å². The number of hydrogen-bond donors (Lipinski definition) is 2. The maximum absolute atomic E-state index is 9.64. The van der Waals surface area contributed by atoms with Gasteiger partial charge in [0.1, 0.15) is 0 Å². The van der Waals surface area contributed by atoms with Crippen LogP contribution < -0.4 is 10.2 Å². The summed E-state index contributed by atoms with van der Waals surface area (Å²) in [4.78, 5) is 2.39. The molecule has 1 fully saturated rings. The van der Waals surface area contributed by atoms with Crippen LogP contribution in [0.1, 0.15) is 30.4 Å². The molecule has 4 heteroatoms. The molecular formula is C17H28N2O2. The van der Waals surface area contributed by atoms with Crippen LogP contribution >= 0.6 is 0 Å². The van der Waals surface area contributed by atoms with Crippen molar-refractivity contribution < 1.29 is 9.84 Å². The predicted molar refractivity (Wildman–Crippen MR) is 86.8 cm³/mol. The van der Waals surface area contributed by atoms with Gasteiger partial charge in [0.15, 0.2) is 0 Å². The zero-order valence-electron chi connectivity index (χ0n) is 13.3. The number of anilines is 1. The number of aryl methyl sites for hydroxylation is 1. The zero-order chi connectivity index (χ0) is 15.1. The van der Waals surface area contributed by atoms with Crippen molar-refractivity contribution in [1.29, 1.82) is 0 Å². The van der Waals surface area contributed by atoms with Crippen LogP contribution in [0.3, 0.4) is 0 Å². The minimum Gasteiger partial charge on any atom is -0.394 e. The first-order chi connectivity index (χ1) is 10.3. The second-order valence-corrected chi connectivity index (χ2v) is 5.83. The van der Waals surface area contributed by atoms with E-state index in [2.05, 4.69) is 35.3 Å². The maximum Gasteiger partial charge on any atom is 0.0635 e. The van der Waals surface area contributed by atoms with E-state index in [0.29, 0.717) is 0 Å². The number of nitrogens with zero attached hydrogens (tertiary/aromatic N) is 1. The van der Waals surface area contributed by atoms with Gasteiger partial charge in [-0.3, -0.25) is 0 Å². The van der Waals surface area contributed by atoms with Gasteiger partial charge >= 0.3 is 0 Å². The Morgan fingerprint density at radius 2 is 2.24 bits per heavy atom.